The molecule has 0 saturated heterocycles. The molecule has 0 saturated carbocycles. The molecule has 0 aliphatic rings. The molecule has 0 aliphatic heterocycles. The van der Waals surface area contributed by atoms with E-state index in [1.165, 1.54) is 0 Å². The van der Waals surface area contributed by atoms with Crippen LogP contribution >= 0.6 is 11.3 Å². The zero-order valence-electron chi connectivity index (χ0n) is 3.78. The van der Waals surface area contributed by atoms with Gasteiger partial charge in [-0.25, -0.2) is 0 Å². The Bertz CT molecular complexity index is 70.5. The number of hydrogen-bond acceptors (Lipinski definition) is 1. The van der Waals surface area contributed by atoms with E-state index < -0.39 is 0 Å². The van der Waals surface area contributed by atoms with Crippen LogP contribution in [0.1, 0.15) is 0 Å². The van der Waals surface area contributed by atoms with Crippen LogP contribution in [-0.4, -0.2) is 0 Å². The van der Waals surface area contributed by atoms with Gasteiger partial charge in [0.25, 0.3) is 0 Å². The van der Waals surface area contributed by atoms with Gasteiger partial charge in [0.05, 0.1) is 0 Å². The molecule has 0 amide bonds. The van der Waals surface area contributed by atoms with E-state index in [-0.39, 0.29) is 41.9 Å². The Labute approximate surface area is 76.0 Å². The topological polar surface area (TPSA) is 0 Å². The van der Waals surface area contributed by atoms with Crippen molar-refractivity contribution in [1.29, 1.82) is 0 Å². The van der Waals surface area contributed by atoms with Crippen LogP contribution in [0.2, 0.25) is 0 Å². The minimum absolute atomic E-state index is 0. The first-order valence-corrected chi connectivity index (χ1v) is 2.41. The first-order valence-electron chi connectivity index (χ1n) is 1.47. The van der Waals surface area contributed by atoms with Crippen LogP contribution in [0.15, 0.2) is 22.9 Å². The SMILES string of the molecule is [Cl-].[Cl-].[Cu+2].c1ccsc1. The van der Waals surface area contributed by atoms with Gasteiger partial charge in [-0.2, -0.15) is 11.3 Å². The molecule has 0 nitrogen and oxygen atoms in total. The van der Waals surface area contributed by atoms with Crippen molar-refractivity contribution in [2.45, 2.75) is 0 Å². The molecule has 0 atom stereocenters. The van der Waals surface area contributed by atoms with Crippen LogP contribution in [0.4, 0.5) is 0 Å². The van der Waals surface area contributed by atoms with Crippen LogP contribution in [0.3, 0.4) is 0 Å². The van der Waals surface area contributed by atoms with Gasteiger partial charge in [-0.15, -0.1) is 0 Å². The van der Waals surface area contributed by atoms with Crippen molar-refractivity contribution in [1.82, 2.24) is 0 Å². The van der Waals surface area contributed by atoms with Crippen molar-refractivity contribution in [3.8, 4) is 0 Å². The predicted molar refractivity (Wildman–Crippen MR) is 24.3 cm³/mol. The number of rotatable bonds is 0. The molecule has 0 aliphatic carbocycles. The summed E-state index contributed by atoms with van der Waals surface area (Å²) in [5.41, 5.74) is 0. The standard InChI is InChI=1S/C4H4S.2ClH.Cu/c1-2-4-5-3-1;;;/h1-4H;2*1H;/q;;;+2/p-2. The number of hydrogen-bond donors (Lipinski definition) is 0. The van der Waals surface area contributed by atoms with E-state index in [9.17, 15) is 0 Å². The zero-order chi connectivity index (χ0) is 3.54. The third kappa shape index (κ3) is 6.80. The fourth-order valence-electron chi connectivity index (χ4n) is 0.227. The van der Waals surface area contributed by atoms with Crippen molar-refractivity contribution < 1.29 is 41.9 Å². The molecule has 8 heavy (non-hydrogen) atoms. The minimum atomic E-state index is 0. The molecule has 1 heterocycles. The van der Waals surface area contributed by atoms with E-state index >= 15 is 0 Å². The van der Waals surface area contributed by atoms with Crippen molar-refractivity contribution in [2.75, 3.05) is 0 Å². The van der Waals surface area contributed by atoms with Crippen molar-refractivity contribution in [3.05, 3.63) is 22.9 Å². The van der Waals surface area contributed by atoms with Gasteiger partial charge in [0, 0.05) is 0 Å². The number of thiophene rings is 1. The van der Waals surface area contributed by atoms with Crippen molar-refractivity contribution >= 4 is 11.3 Å². The monoisotopic (exact) mass is 217 g/mol. The van der Waals surface area contributed by atoms with Crippen LogP contribution in [0, 0.1) is 0 Å². The Hall–Kier alpha value is 0.799. The first-order chi connectivity index (χ1) is 2.50. The Balaban J connectivity index is -0.0000000833. The molecule has 0 aromatic carbocycles. The summed E-state index contributed by atoms with van der Waals surface area (Å²) in [4.78, 5) is 0. The maximum atomic E-state index is 2.04. The Morgan fingerprint density at radius 2 is 1.25 bits per heavy atom. The molecule has 51 valence electrons. The van der Waals surface area contributed by atoms with E-state index in [0.29, 0.717) is 0 Å². The second-order valence-electron chi connectivity index (χ2n) is 0.793. The summed E-state index contributed by atoms with van der Waals surface area (Å²) in [6, 6.07) is 4.04. The maximum Gasteiger partial charge on any atom is 2.00 e. The number of halogens is 2. The fraction of sp³-hybridized carbons (Fsp3) is 0. The molecule has 1 aromatic rings. The van der Waals surface area contributed by atoms with E-state index in [0.717, 1.165) is 0 Å². The van der Waals surface area contributed by atoms with Crippen molar-refractivity contribution in [3.63, 3.8) is 0 Å². The van der Waals surface area contributed by atoms with Gasteiger partial charge >= 0.3 is 17.1 Å². The normalized spacial score (nSPS) is 5.00. The van der Waals surface area contributed by atoms with E-state index in [1.54, 1.807) is 11.3 Å². The van der Waals surface area contributed by atoms with Crippen LogP contribution in [0.5, 0.6) is 0 Å². The maximum absolute atomic E-state index is 2.04. The summed E-state index contributed by atoms with van der Waals surface area (Å²) >= 11 is 1.71. The summed E-state index contributed by atoms with van der Waals surface area (Å²) in [7, 11) is 0. The van der Waals surface area contributed by atoms with Crippen LogP contribution in [0.25, 0.3) is 0 Å². The molecule has 1 aromatic heterocycles. The van der Waals surface area contributed by atoms with Crippen LogP contribution in [-0.2, 0) is 17.1 Å². The molecule has 4 heteroatoms. The summed E-state index contributed by atoms with van der Waals surface area (Å²) in [6.07, 6.45) is 0. The second kappa shape index (κ2) is 10.7. The molecule has 1 rings (SSSR count). The average Bonchev–Trinajstić information content (AvgIpc) is 1.76. The van der Waals surface area contributed by atoms with Crippen molar-refractivity contribution in [2.24, 2.45) is 0 Å². The van der Waals surface area contributed by atoms with Gasteiger partial charge in [-0.1, -0.05) is 12.1 Å². The van der Waals surface area contributed by atoms with E-state index in [4.69, 9.17) is 0 Å². The quantitative estimate of drug-likeness (QED) is 0.387. The molecule has 0 bridgehead atoms. The Kier molecular flexibility index (Phi) is 21.3. The fourth-order valence-corrected chi connectivity index (χ4v) is 0.680. The largest absolute Gasteiger partial charge is 2.00 e. The Morgan fingerprint density at radius 3 is 1.38 bits per heavy atom. The van der Waals surface area contributed by atoms with Gasteiger partial charge in [-0.3, -0.25) is 0 Å². The minimum Gasteiger partial charge on any atom is -1.00 e. The van der Waals surface area contributed by atoms with Crippen LogP contribution < -0.4 is 24.8 Å². The summed E-state index contributed by atoms with van der Waals surface area (Å²) < 4.78 is 0. The van der Waals surface area contributed by atoms with Gasteiger partial charge in [0.1, 0.15) is 0 Å². The zero-order valence-corrected chi connectivity index (χ0v) is 7.05. The summed E-state index contributed by atoms with van der Waals surface area (Å²) in [5.74, 6) is 0. The summed E-state index contributed by atoms with van der Waals surface area (Å²) in [5, 5.41) is 4.08. The Morgan fingerprint density at radius 1 is 0.875 bits per heavy atom. The molecular weight excluding hydrogens is 215 g/mol. The molecule has 0 fully saturated rings. The molecule has 0 N–H and O–H groups in total. The predicted octanol–water partition coefficient (Wildman–Crippen LogP) is -4.25. The molecular formula is C4H4Cl2CuS. The molecule has 0 unspecified atom stereocenters. The molecule has 1 radical (unpaired) electrons. The van der Waals surface area contributed by atoms with Gasteiger partial charge in [-0.05, 0) is 10.8 Å². The second-order valence-corrected chi connectivity index (χ2v) is 1.61. The third-order valence-electron chi connectivity index (χ3n) is 0.425. The molecule has 0 spiro atoms. The van der Waals surface area contributed by atoms with Gasteiger partial charge in [0.15, 0.2) is 0 Å². The smallest absolute Gasteiger partial charge is 1.00 e. The first kappa shape index (κ1) is 15.9. The average molecular weight is 219 g/mol. The van der Waals surface area contributed by atoms with E-state index in [1.807, 2.05) is 22.9 Å². The summed E-state index contributed by atoms with van der Waals surface area (Å²) in [6.45, 7) is 0. The van der Waals surface area contributed by atoms with E-state index in [2.05, 4.69) is 0 Å². The third-order valence-corrected chi connectivity index (χ3v) is 1.05. The van der Waals surface area contributed by atoms with Gasteiger partial charge in [0.2, 0.25) is 0 Å². The van der Waals surface area contributed by atoms with Gasteiger partial charge < -0.3 is 24.8 Å².